The lowest BCUT2D eigenvalue weighted by atomic mass is 9.82. The number of benzene rings is 1. The van der Waals surface area contributed by atoms with Crippen LogP contribution in [0.2, 0.25) is 0 Å². The number of rotatable bonds is 4. The van der Waals surface area contributed by atoms with E-state index in [2.05, 4.69) is 12.1 Å². The number of ether oxygens (including phenoxy) is 3. The molecule has 20 heavy (non-hydrogen) atoms. The number of methoxy groups -OCH3 is 1. The molecule has 0 N–H and O–H groups in total. The average Bonchev–Trinajstić information content (AvgIpc) is 3.18. The van der Waals surface area contributed by atoms with Gasteiger partial charge in [0.15, 0.2) is 0 Å². The molecule has 3 heteroatoms. The van der Waals surface area contributed by atoms with Gasteiger partial charge in [0, 0.05) is 12.0 Å². The van der Waals surface area contributed by atoms with Gasteiger partial charge in [-0.15, -0.1) is 0 Å². The Bertz CT molecular complexity index is 527. The van der Waals surface area contributed by atoms with E-state index in [4.69, 9.17) is 14.2 Å². The third-order valence-electron chi connectivity index (χ3n) is 3.95. The van der Waals surface area contributed by atoms with E-state index in [0.717, 1.165) is 42.9 Å². The van der Waals surface area contributed by atoms with Crippen molar-refractivity contribution in [1.82, 2.24) is 0 Å². The van der Waals surface area contributed by atoms with Crippen molar-refractivity contribution in [3.63, 3.8) is 0 Å². The van der Waals surface area contributed by atoms with Gasteiger partial charge in [-0.2, -0.15) is 0 Å². The zero-order valence-electron chi connectivity index (χ0n) is 12.4. The fourth-order valence-corrected chi connectivity index (χ4v) is 3.04. The van der Waals surface area contributed by atoms with Crippen LogP contribution in [0.1, 0.15) is 38.7 Å². The molecule has 0 aromatic heterocycles. The first-order valence-corrected chi connectivity index (χ1v) is 7.33. The highest BCUT2D eigenvalue weighted by atomic mass is 16.6. The van der Waals surface area contributed by atoms with E-state index in [0.29, 0.717) is 0 Å². The Morgan fingerprint density at radius 2 is 2.10 bits per heavy atom. The summed E-state index contributed by atoms with van der Waals surface area (Å²) in [6.45, 7) is 4.89. The van der Waals surface area contributed by atoms with Gasteiger partial charge in [0.1, 0.15) is 17.1 Å². The van der Waals surface area contributed by atoms with Crippen LogP contribution in [-0.2, 0) is 9.47 Å². The summed E-state index contributed by atoms with van der Waals surface area (Å²) in [6, 6.07) is 8.26. The molecule has 1 spiro atoms. The van der Waals surface area contributed by atoms with E-state index in [1.807, 2.05) is 26.0 Å². The van der Waals surface area contributed by atoms with Crippen LogP contribution in [0.15, 0.2) is 30.0 Å². The predicted octanol–water partition coefficient (Wildman–Crippen LogP) is 3.78. The fraction of sp³-hybridized carbons (Fsp3) is 0.529. The third kappa shape index (κ3) is 2.42. The Morgan fingerprint density at radius 1 is 1.30 bits per heavy atom. The lowest BCUT2D eigenvalue weighted by Gasteiger charge is -2.26. The van der Waals surface area contributed by atoms with Crippen molar-refractivity contribution >= 4 is 5.57 Å². The molecule has 1 aromatic rings. The molecule has 1 aliphatic carbocycles. The minimum Gasteiger partial charge on any atom is -0.501 e. The van der Waals surface area contributed by atoms with Gasteiger partial charge in [-0.05, 0) is 44.4 Å². The van der Waals surface area contributed by atoms with Crippen LogP contribution in [0.4, 0.5) is 0 Å². The maximum Gasteiger partial charge on any atom is 0.120 e. The van der Waals surface area contributed by atoms with Crippen molar-refractivity contribution in [3.8, 4) is 5.75 Å². The highest BCUT2D eigenvalue weighted by Gasteiger charge is 2.51. The molecule has 3 nitrogen and oxygen atoms in total. The van der Waals surface area contributed by atoms with Gasteiger partial charge in [0.2, 0.25) is 0 Å². The van der Waals surface area contributed by atoms with Gasteiger partial charge in [0.05, 0.1) is 19.8 Å². The van der Waals surface area contributed by atoms with E-state index >= 15 is 0 Å². The second-order valence-corrected chi connectivity index (χ2v) is 5.83. The minimum atomic E-state index is -0.0972. The summed E-state index contributed by atoms with van der Waals surface area (Å²) in [7, 11) is 1.76. The first-order valence-electron chi connectivity index (χ1n) is 7.33. The lowest BCUT2D eigenvalue weighted by molar-refractivity contribution is 0.241. The van der Waals surface area contributed by atoms with Crippen molar-refractivity contribution in [1.29, 1.82) is 0 Å². The first-order chi connectivity index (χ1) is 9.64. The van der Waals surface area contributed by atoms with E-state index in [9.17, 15) is 0 Å². The van der Waals surface area contributed by atoms with Gasteiger partial charge in [-0.3, -0.25) is 0 Å². The summed E-state index contributed by atoms with van der Waals surface area (Å²) in [5, 5.41) is 0. The summed E-state index contributed by atoms with van der Waals surface area (Å²) >= 11 is 0. The average molecular weight is 274 g/mol. The molecular weight excluding hydrogens is 252 g/mol. The van der Waals surface area contributed by atoms with E-state index < -0.39 is 0 Å². The normalized spacial score (nSPS) is 25.2. The Kier molecular flexibility index (Phi) is 3.47. The molecule has 0 bridgehead atoms. The monoisotopic (exact) mass is 274 g/mol. The second-order valence-electron chi connectivity index (χ2n) is 5.83. The zero-order chi connectivity index (χ0) is 14.2. The van der Waals surface area contributed by atoms with Gasteiger partial charge >= 0.3 is 0 Å². The summed E-state index contributed by atoms with van der Waals surface area (Å²) < 4.78 is 17.2. The molecular formula is C17H22O3. The van der Waals surface area contributed by atoms with Gasteiger partial charge in [0.25, 0.3) is 0 Å². The predicted molar refractivity (Wildman–Crippen MR) is 78.7 cm³/mol. The number of epoxide rings is 1. The van der Waals surface area contributed by atoms with E-state index in [-0.39, 0.29) is 11.7 Å². The molecule has 2 aliphatic rings. The molecule has 1 atom stereocenters. The maximum atomic E-state index is 5.80. The van der Waals surface area contributed by atoms with Gasteiger partial charge in [-0.1, -0.05) is 12.1 Å². The number of hydrogen-bond donors (Lipinski definition) is 0. The molecule has 1 aromatic carbocycles. The Balaban J connectivity index is 1.99. The molecule has 1 fully saturated rings. The standard InChI is InChI=1S/C17H22O3/c1-12(2)20-14-7-4-6-13(10-14)16-15(18-3)8-5-9-17(16)11-19-17/h4,6-7,10,12H,5,8-9,11H2,1-3H3. The highest BCUT2D eigenvalue weighted by Crippen LogP contribution is 2.50. The number of hydrogen-bond acceptors (Lipinski definition) is 3. The Hall–Kier alpha value is -1.48. The van der Waals surface area contributed by atoms with Gasteiger partial charge < -0.3 is 14.2 Å². The Labute approximate surface area is 120 Å². The van der Waals surface area contributed by atoms with Crippen molar-refractivity contribution in [3.05, 3.63) is 35.6 Å². The van der Waals surface area contributed by atoms with Crippen molar-refractivity contribution in [2.45, 2.75) is 44.8 Å². The lowest BCUT2D eigenvalue weighted by Crippen LogP contribution is -2.21. The summed E-state index contributed by atoms with van der Waals surface area (Å²) in [6.07, 6.45) is 3.39. The van der Waals surface area contributed by atoms with Crippen LogP contribution >= 0.6 is 0 Å². The first kappa shape index (κ1) is 13.5. The van der Waals surface area contributed by atoms with Crippen molar-refractivity contribution in [2.75, 3.05) is 13.7 Å². The second kappa shape index (κ2) is 5.13. The molecule has 3 rings (SSSR count). The Morgan fingerprint density at radius 3 is 2.75 bits per heavy atom. The molecule has 1 heterocycles. The SMILES string of the molecule is COC1=C(c2cccc(OC(C)C)c2)C2(CCC1)CO2. The van der Waals surface area contributed by atoms with E-state index in [1.54, 1.807) is 7.11 Å². The zero-order valence-corrected chi connectivity index (χ0v) is 12.4. The van der Waals surface area contributed by atoms with Crippen molar-refractivity contribution < 1.29 is 14.2 Å². The van der Waals surface area contributed by atoms with Crippen molar-refractivity contribution in [2.24, 2.45) is 0 Å². The number of allylic oxidation sites excluding steroid dienone is 1. The molecule has 1 aliphatic heterocycles. The maximum absolute atomic E-state index is 5.80. The van der Waals surface area contributed by atoms with E-state index in [1.165, 1.54) is 5.57 Å². The molecule has 1 saturated heterocycles. The molecule has 108 valence electrons. The highest BCUT2D eigenvalue weighted by molar-refractivity contribution is 5.77. The van der Waals surface area contributed by atoms with Crippen LogP contribution < -0.4 is 4.74 Å². The molecule has 0 radical (unpaired) electrons. The summed E-state index contributed by atoms with van der Waals surface area (Å²) in [5.41, 5.74) is 2.29. The molecule has 1 unspecified atom stereocenters. The third-order valence-corrected chi connectivity index (χ3v) is 3.95. The van der Waals surface area contributed by atoms with Crippen LogP contribution in [0.3, 0.4) is 0 Å². The largest absolute Gasteiger partial charge is 0.501 e. The molecule has 0 saturated carbocycles. The summed E-state index contributed by atoms with van der Waals surface area (Å²) in [5.74, 6) is 1.97. The molecule has 0 amide bonds. The fourth-order valence-electron chi connectivity index (χ4n) is 3.04. The van der Waals surface area contributed by atoms with Crippen LogP contribution in [0.5, 0.6) is 5.75 Å². The topological polar surface area (TPSA) is 31.0 Å². The smallest absolute Gasteiger partial charge is 0.120 e. The van der Waals surface area contributed by atoms with Crippen LogP contribution in [0, 0.1) is 0 Å². The minimum absolute atomic E-state index is 0.0972. The van der Waals surface area contributed by atoms with Crippen LogP contribution in [0.25, 0.3) is 5.57 Å². The van der Waals surface area contributed by atoms with Crippen LogP contribution in [-0.4, -0.2) is 25.4 Å². The quantitative estimate of drug-likeness (QED) is 0.783. The van der Waals surface area contributed by atoms with Gasteiger partial charge in [-0.25, -0.2) is 0 Å². The summed E-state index contributed by atoms with van der Waals surface area (Å²) in [4.78, 5) is 0.